The Hall–Kier alpha value is -0.740. The van der Waals surface area contributed by atoms with E-state index in [1.807, 2.05) is 0 Å². The van der Waals surface area contributed by atoms with Crippen molar-refractivity contribution in [2.45, 2.75) is 136 Å². The first-order valence-electron chi connectivity index (χ1n) is 11.3. The topological polar surface area (TPSA) is 52.6 Å². The summed E-state index contributed by atoms with van der Waals surface area (Å²) in [5, 5.41) is 0. The van der Waals surface area contributed by atoms with Crippen molar-refractivity contribution < 1.29 is 19.1 Å². The van der Waals surface area contributed by atoms with Crippen molar-refractivity contribution in [1.29, 1.82) is 0 Å². The molecule has 1 rings (SSSR count). The van der Waals surface area contributed by atoms with Crippen LogP contribution in [0.4, 0.5) is 0 Å². The lowest BCUT2D eigenvalue weighted by Gasteiger charge is -2.16. The quantitative estimate of drug-likeness (QED) is 0.301. The van der Waals surface area contributed by atoms with Gasteiger partial charge < -0.3 is 9.47 Å². The third kappa shape index (κ3) is 9.84. The van der Waals surface area contributed by atoms with Crippen molar-refractivity contribution >= 4 is 11.6 Å². The van der Waals surface area contributed by atoms with Gasteiger partial charge in [0, 0.05) is 12.8 Å². The number of rotatable bonds is 16. The highest BCUT2D eigenvalue weighted by molar-refractivity contribution is 5.93. The number of carbonyl (C=O) groups is 2. The van der Waals surface area contributed by atoms with Gasteiger partial charge >= 0.3 is 0 Å². The number of ether oxygens (including phenoxy) is 2. The summed E-state index contributed by atoms with van der Waals surface area (Å²) in [7, 11) is 0. The molecule has 1 fully saturated rings. The third-order valence-corrected chi connectivity index (χ3v) is 5.28. The lowest BCUT2D eigenvalue weighted by molar-refractivity contribution is -0.158. The van der Waals surface area contributed by atoms with Crippen LogP contribution in [0.5, 0.6) is 0 Å². The first-order valence-corrected chi connectivity index (χ1v) is 11.3. The number of Topliss-reactive ketones (excluding diaryl/α,β-unsaturated/α-hetero) is 2. The molecule has 0 N–H and O–H groups in total. The average molecular weight is 383 g/mol. The van der Waals surface area contributed by atoms with Crippen molar-refractivity contribution in [2.75, 3.05) is 0 Å². The zero-order valence-electron chi connectivity index (χ0n) is 18.2. The predicted octanol–water partition coefficient (Wildman–Crippen LogP) is 6.15. The van der Waals surface area contributed by atoms with Gasteiger partial charge in [0.25, 0.3) is 0 Å². The van der Waals surface area contributed by atoms with Gasteiger partial charge in [-0.2, -0.15) is 0 Å². The lowest BCUT2D eigenvalue weighted by atomic mass is 9.97. The number of hydrogen-bond donors (Lipinski definition) is 0. The second-order valence-corrected chi connectivity index (χ2v) is 8.44. The van der Waals surface area contributed by atoms with Gasteiger partial charge in [0.05, 0.1) is 0 Å². The number of unbranched alkanes of at least 4 members (excludes halogenated alkanes) is 10. The van der Waals surface area contributed by atoms with Crippen LogP contribution >= 0.6 is 0 Å². The minimum atomic E-state index is -0.858. The second kappa shape index (κ2) is 13.4. The lowest BCUT2D eigenvalue weighted by Crippen LogP contribution is -2.37. The highest BCUT2D eigenvalue weighted by atomic mass is 16.8. The largest absolute Gasteiger partial charge is 0.336 e. The van der Waals surface area contributed by atoms with E-state index in [0.29, 0.717) is 12.8 Å². The van der Waals surface area contributed by atoms with Crippen LogP contribution in [0.1, 0.15) is 118 Å². The summed E-state index contributed by atoms with van der Waals surface area (Å²) in [5.74, 6) is -0.808. The molecule has 0 aromatic carbocycles. The molecule has 1 heterocycles. The van der Waals surface area contributed by atoms with Gasteiger partial charge in [-0.05, 0) is 26.7 Å². The molecule has 4 heteroatoms. The highest BCUT2D eigenvalue weighted by Crippen LogP contribution is 2.31. The summed E-state index contributed by atoms with van der Waals surface area (Å²) >= 11 is 0. The highest BCUT2D eigenvalue weighted by Gasteiger charge is 2.47. The Bertz CT molecular complexity index is 392. The number of carbonyl (C=O) groups excluding carboxylic acids is 2. The Kier molecular flexibility index (Phi) is 12.1. The average Bonchev–Trinajstić information content (AvgIpc) is 2.96. The minimum absolute atomic E-state index is 0.0253. The van der Waals surface area contributed by atoms with Crippen molar-refractivity contribution in [3.05, 3.63) is 0 Å². The van der Waals surface area contributed by atoms with Crippen LogP contribution in [0.3, 0.4) is 0 Å². The van der Waals surface area contributed by atoms with Gasteiger partial charge in [0.2, 0.25) is 0 Å². The third-order valence-electron chi connectivity index (χ3n) is 5.28. The fourth-order valence-corrected chi connectivity index (χ4v) is 3.68. The molecule has 158 valence electrons. The maximum absolute atomic E-state index is 12.6. The molecule has 0 radical (unpaired) electrons. The molecule has 1 aliphatic rings. The molecule has 1 aliphatic heterocycles. The molecule has 27 heavy (non-hydrogen) atoms. The van der Waals surface area contributed by atoms with Gasteiger partial charge in [0.1, 0.15) is 0 Å². The van der Waals surface area contributed by atoms with Gasteiger partial charge in [-0.1, -0.05) is 78.1 Å². The molecular formula is C23H42O4. The van der Waals surface area contributed by atoms with Crippen molar-refractivity contribution in [2.24, 2.45) is 0 Å². The summed E-state index contributed by atoms with van der Waals surface area (Å²) in [6.45, 7) is 7.97. The van der Waals surface area contributed by atoms with Crippen LogP contribution < -0.4 is 0 Å². The first-order chi connectivity index (χ1) is 12.9. The summed E-state index contributed by atoms with van der Waals surface area (Å²) in [4.78, 5) is 25.3. The SMILES string of the molecule is CCCCCCCCC(=O)[C@@H]1OC(C)(C)O[C@H]1C(=O)CCCCCCCC. The van der Waals surface area contributed by atoms with E-state index in [0.717, 1.165) is 25.7 Å². The maximum Gasteiger partial charge on any atom is 0.165 e. The van der Waals surface area contributed by atoms with Crippen LogP contribution in [0.15, 0.2) is 0 Å². The predicted molar refractivity (Wildman–Crippen MR) is 110 cm³/mol. The van der Waals surface area contributed by atoms with Crippen molar-refractivity contribution in [3.8, 4) is 0 Å². The van der Waals surface area contributed by atoms with Gasteiger partial charge in [-0.3, -0.25) is 9.59 Å². The Labute approximate surface area is 166 Å². The molecule has 0 saturated carbocycles. The fraction of sp³-hybridized carbons (Fsp3) is 0.913. The Balaban J connectivity index is 2.39. The Morgan fingerprint density at radius 3 is 1.33 bits per heavy atom. The molecule has 0 bridgehead atoms. The summed E-state index contributed by atoms with van der Waals surface area (Å²) in [6, 6.07) is 0. The monoisotopic (exact) mass is 382 g/mol. The van der Waals surface area contributed by atoms with E-state index in [9.17, 15) is 9.59 Å². The fourth-order valence-electron chi connectivity index (χ4n) is 3.68. The molecule has 1 saturated heterocycles. The smallest absolute Gasteiger partial charge is 0.165 e. The van der Waals surface area contributed by atoms with E-state index >= 15 is 0 Å². The van der Waals surface area contributed by atoms with Gasteiger partial charge in [-0.25, -0.2) is 0 Å². The normalized spacial score (nSPS) is 21.5. The van der Waals surface area contributed by atoms with E-state index < -0.39 is 18.0 Å². The number of hydrogen-bond acceptors (Lipinski definition) is 4. The minimum Gasteiger partial charge on any atom is -0.336 e. The van der Waals surface area contributed by atoms with Crippen LogP contribution in [-0.4, -0.2) is 29.6 Å². The molecule has 0 aliphatic carbocycles. The summed E-state index contributed by atoms with van der Waals surface area (Å²) in [6.07, 6.45) is 13.2. The van der Waals surface area contributed by atoms with Crippen molar-refractivity contribution in [3.63, 3.8) is 0 Å². The zero-order chi connectivity index (χ0) is 20.1. The molecular weight excluding hydrogens is 340 g/mol. The summed E-state index contributed by atoms with van der Waals surface area (Å²) < 4.78 is 11.6. The molecule has 0 amide bonds. The van der Waals surface area contributed by atoms with E-state index in [1.165, 1.54) is 51.4 Å². The van der Waals surface area contributed by atoms with E-state index in [2.05, 4.69) is 13.8 Å². The van der Waals surface area contributed by atoms with Crippen LogP contribution in [-0.2, 0) is 19.1 Å². The van der Waals surface area contributed by atoms with Crippen molar-refractivity contribution in [1.82, 2.24) is 0 Å². The number of ketones is 2. The van der Waals surface area contributed by atoms with Gasteiger partial charge in [-0.15, -0.1) is 0 Å². The Morgan fingerprint density at radius 1 is 0.630 bits per heavy atom. The van der Waals surface area contributed by atoms with Gasteiger partial charge in [0.15, 0.2) is 29.6 Å². The van der Waals surface area contributed by atoms with E-state index in [1.54, 1.807) is 13.8 Å². The molecule has 2 atom stereocenters. The van der Waals surface area contributed by atoms with Crippen LogP contribution in [0.25, 0.3) is 0 Å². The van der Waals surface area contributed by atoms with Crippen LogP contribution in [0, 0.1) is 0 Å². The molecule has 0 spiro atoms. The zero-order valence-corrected chi connectivity index (χ0v) is 18.2. The first kappa shape index (κ1) is 24.3. The van der Waals surface area contributed by atoms with E-state index in [4.69, 9.17) is 9.47 Å². The van der Waals surface area contributed by atoms with Crippen LogP contribution in [0.2, 0.25) is 0 Å². The Morgan fingerprint density at radius 2 is 0.963 bits per heavy atom. The molecule has 0 unspecified atom stereocenters. The maximum atomic E-state index is 12.6. The molecule has 0 aromatic rings. The standard InChI is InChI=1S/C23H42O4/c1-5-7-9-11-13-15-17-19(24)21-22(27-23(3,4)26-21)20(25)18-16-14-12-10-8-6-2/h21-22H,5-18H2,1-4H3/t21-,22-/m0/s1. The summed E-state index contributed by atoms with van der Waals surface area (Å²) in [5.41, 5.74) is 0. The molecule has 0 aromatic heterocycles. The molecule has 4 nitrogen and oxygen atoms in total. The second-order valence-electron chi connectivity index (χ2n) is 8.44. The van der Waals surface area contributed by atoms with E-state index in [-0.39, 0.29) is 11.6 Å².